The molecule has 216 valence electrons. The molecule has 0 saturated heterocycles. The molecule has 7 aromatic carbocycles. The number of halogens is 4. The average Bonchev–Trinajstić information content (AvgIpc) is 3.75. The molecule has 0 fully saturated rings. The molecule has 0 spiro atoms. The molecule has 0 bridgehead atoms. The van der Waals surface area contributed by atoms with Crippen LogP contribution in [0.4, 0.5) is 0 Å². The van der Waals surface area contributed by atoms with Crippen LogP contribution < -0.4 is 24.8 Å². The van der Waals surface area contributed by atoms with Gasteiger partial charge in [-0.3, -0.25) is 0 Å². The normalized spacial score (nSPS) is 10.6. The molecule has 8 rings (SSSR count). The zero-order valence-corrected chi connectivity index (χ0v) is 30.2. The second-order valence-electron chi connectivity index (χ2n) is 10.0. The minimum Gasteiger partial charge on any atom is -1.00 e. The van der Waals surface area contributed by atoms with E-state index in [-0.39, 0.29) is 24.8 Å². The van der Waals surface area contributed by atoms with Gasteiger partial charge in [0.1, 0.15) is 0 Å². The Hall–Kier alpha value is -2.91. The van der Waals surface area contributed by atoms with Crippen molar-refractivity contribution < 1.29 is 48.7 Å². The molecule has 0 nitrogen and oxygen atoms in total. The summed E-state index contributed by atoms with van der Waals surface area (Å²) in [6.45, 7) is 0. The van der Waals surface area contributed by atoms with Crippen molar-refractivity contribution in [3.8, 4) is 11.1 Å². The molecule has 0 amide bonds. The van der Waals surface area contributed by atoms with Crippen molar-refractivity contribution in [3.05, 3.63) is 184 Å². The van der Waals surface area contributed by atoms with E-state index in [1.165, 1.54) is 58.2 Å². The smallest absolute Gasteiger partial charge is 0.0240 e. The SMILES string of the molecule is Clc1ccc([C](=[Hf+2])c2ccc(Cl)cc2)cc1.[Cl-].[Cl-].[c-]1cccc2c1c1c(c3ccccc32)-c2ccccc2C1.c1cc[cH-]c1. The Morgan fingerprint density at radius 3 is 1.75 bits per heavy atom. The van der Waals surface area contributed by atoms with Gasteiger partial charge < -0.3 is 24.8 Å². The monoisotopic (exact) mass is 814 g/mol. The summed E-state index contributed by atoms with van der Waals surface area (Å²) in [5, 5.41) is 6.84. The van der Waals surface area contributed by atoms with Crippen molar-refractivity contribution in [2.75, 3.05) is 0 Å². The molecule has 0 saturated carbocycles. The van der Waals surface area contributed by atoms with Gasteiger partial charge in [-0.15, -0.1) is 40.6 Å². The maximum atomic E-state index is 5.87. The Balaban J connectivity index is 0.000000171. The van der Waals surface area contributed by atoms with E-state index in [1.807, 2.05) is 60.7 Å². The van der Waals surface area contributed by atoms with Gasteiger partial charge in [-0.2, -0.15) is 18.2 Å². The van der Waals surface area contributed by atoms with Gasteiger partial charge in [0.2, 0.25) is 0 Å². The maximum Gasteiger partial charge on any atom is -0.0240 e. The van der Waals surface area contributed by atoms with Gasteiger partial charge in [0.05, 0.1) is 0 Å². The number of hydrogen-bond acceptors (Lipinski definition) is 0. The quantitative estimate of drug-likeness (QED) is 0.133. The summed E-state index contributed by atoms with van der Waals surface area (Å²) in [4.78, 5) is 0. The van der Waals surface area contributed by atoms with Gasteiger partial charge in [0.15, 0.2) is 0 Å². The zero-order chi connectivity index (χ0) is 28.9. The molecule has 7 aromatic rings. The largest absolute Gasteiger partial charge is 1.00 e. The second kappa shape index (κ2) is 15.9. The molecule has 0 radical (unpaired) electrons. The third-order valence-corrected chi connectivity index (χ3v) is 10.00. The molecule has 1 aliphatic rings. The Kier molecular flexibility index (Phi) is 12.3. The van der Waals surface area contributed by atoms with E-state index >= 15 is 0 Å². The van der Waals surface area contributed by atoms with E-state index in [1.54, 1.807) is 0 Å². The van der Waals surface area contributed by atoms with E-state index < -0.39 is 0 Å². The van der Waals surface area contributed by atoms with Gasteiger partial charge >= 0.3 is 120 Å². The standard InChI is InChI=1S/C21H13.C13H8Cl2.C5H5.2ClH.Hf/c1-2-8-15-14(7-1)13-20-18-11-4-3-9-16(18)17-10-5-6-12-19(17)21(15)20;14-12-5-1-10(2-6-12)9-11-3-7-13(15)8-4-11;1-2-4-5-3-1;;;/h1-10,12H,13H2;1-8H;1-5H;2*1H;/q-1;;-1;;;+2/p-2. The van der Waals surface area contributed by atoms with Crippen molar-refractivity contribution >= 4 is 48.0 Å². The van der Waals surface area contributed by atoms with E-state index in [4.69, 9.17) is 23.2 Å². The van der Waals surface area contributed by atoms with E-state index in [9.17, 15) is 0 Å². The topological polar surface area (TPSA) is 0 Å². The maximum absolute atomic E-state index is 5.87. The van der Waals surface area contributed by atoms with Gasteiger partial charge in [-0.1, -0.05) is 53.9 Å². The number of hydrogen-bond donors (Lipinski definition) is 0. The summed E-state index contributed by atoms with van der Waals surface area (Å²) in [7, 11) is 0. The predicted octanol–water partition coefficient (Wildman–Crippen LogP) is 4.89. The van der Waals surface area contributed by atoms with Crippen LogP contribution in [0, 0.1) is 6.07 Å². The van der Waals surface area contributed by atoms with Crippen LogP contribution in [-0.2, 0) is 30.3 Å². The summed E-state index contributed by atoms with van der Waals surface area (Å²) in [5.41, 5.74) is 8.14. The minimum atomic E-state index is 0. The molecule has 44 heavy (non-hydrogen) atoms. The number of benzene rings is 6. The minimum absolute atomic E-state index is 0. The Morgan fingerprint density at radius 2 is 1.16 bits per heavy atom. The Labute approximate surface area is 295 Å². The molecule has 5 heteroatoms. The summed E-state index contributed by atoms with van der Waals surface area (Å²) in [6, 6.07) is 53.2. The molecule has 0 unspecified atom stereocenters. The van der Waals surface area contributed by atoms with Crippen LogP contribution in [0.25, 0.3) is 32.7 Å². The van der Waals surface area contributed by atoms with Crippen LogP contribution in [0.5, 0.6) is 0 Å². The van der Waals surface area contributed by atoms with E-state index in [0.717, 1.165) is 40.4 Å². The molecule has 0 aliphatic heterocycles. The van der Waals surface area contributed by atoms with Crippen LogP contribution in [-0.4, -0.2) is 3.26 Å². The summed E-state index contributed by atoms with van der Waals surface area (Å²) < 4.78 is 1.35. The third-order valence-electron chi connectivity index (χ3n) is 7.42. The molecule has 1 aliphatic carbocycles. The fourth-order valence-corrected chi connectivity index (χ4v) is 6.90. The molecule has 0 aromatic heterocycles. The number of fused-ring (bicyclic) bond motifs is 8. The third kappa shape index (κ3) is 7.48. The van der Waals surface area contributed by atoms with Gasteiger partial charge in [-0.05, 0) is 28.5 Å². The van der Waals surface area contributed by atoms with Crippen molar-refractivity contribution in [1.29, 1.82) is 0 Å². The first-order valence-electron chi connectivity index (χ1n) is 13.8. The number of rotatable bonds is 2. The Morgan fingerprint density at radius 1 is 0.614 bits per heavy atom. The fraction of sp³-hybridized carbons (Fsp3) is 0.0256. The van der Waals surface area contributed by atoms with Crippen LogP contribution in [0.1, 0.15) is 22.3 Å². The first-order chi connectivity index (χ1) is 20.6. The van der Waals surface area contributed by atoms with Gasteiger partial charge in [0.25, 0.3) is 0 Å². The first kappa shape index (κ1) is 34.0. The molecular weight excluding hydrogens is 789 g/mol. The average molecular weight is 815 g/mol. The van der Waals surface area contributed by atoms with Crippen LogP contribution in [0.15, 0.2) is 146 Å². The van der Waals surface area contributed by atoms with Crippen LogP contribution in [0.3, 0.4) is 0 Å². The molecule has 0 N–H and O–H groups in total. The van der Waals surface area contributed by atoms with Crippen LogP contribution in [0.2, 0.25) is 10.0 Å². The van der Waals surface area contributed by atoms with Crippen LogP contribution >= 0.6 is 23.2 Å². The van der Waals surface area contributed by atoms with Crippen molar-refractivity contribution in [2.24, 2.45) is 0 Å². The molecule has 0 atom stereocenters. The van der Waals surface area contributed by atoms with Gasteiger partial charge in [-0.25, -0.2) is 12.1 Å². The summed E-state index contributed by atoms with van der Waals surface area (Å²) in [5.74, 6) is 0. The molecular formula is C39H26Cl4Hf-2. The Bertz CT molecular complexity index is 1910. The summed E-state index contributed by atoms with van der Waals surface area (Å²) in [6.07, 6.45) is 1.02. The fourth-order valence-electron chi connectivity index (χ4n) is 5.45. The predicted molar refractivity (Wildman–Crippen MR) is 177 cm³/mol. The van der Waals surface area contributed by atoms with Crippen molar-refractivity contribution in [1.82, 2.24) is 0 Å². The molecule has 0 heterocycles. The second-order valence-corrected chi connectivity index (χ2v) is 12.7. The summed E-state index contributed by atoms with van der Waals surface area (Å²) >= 11 is 12.7. The van der Waals surface area contributed by atoms with E-state index in [0.29, 0.717) is 0 Å². The zero-order valence-electron chi connectivity index (χ0n) is 23.6. The first-order valence-corrected chi connectivity index (χ1v) is 16.3. The van der Waals surface area contributed by atoms with Crippen molar-refractivity contribution in [2.45, 2.75) is 6.42 Å². The van der Waals surface area contributed by atoms with E-state index in [2.05, 4.69) is 91.0 Å². The van der Waals surface area contributed by atoms with Crippen molar-refractivity contribution in [3.63, 3.8) is 0 Å². The van der Waals surface area contributed by atoms with Gasteiger partial charge in [0, 0.05) is 0 Å².